The Bertz CT molecular complexity index is 477. The van der Waals surface area contributed by atoms with Crippen molar-refractivity contribution in [3.05, 3.63) is 33.6 Å². The number of rotatable bonds is 5. The first-order valence-electron chi connectivity index (χ1n) is 5.49. The first-order valence-corrected chi connectivity index (χ1v) is 5.49. The number of carbonyl (C=O) groups excluding carboxylic acids is 1. The van der Waals surface area contributed by atoms with Gasteiger partial charge in [0.1, 0.15) is 5.56 Å². The maximum Gasteiger partial charge on any atom is 0.285 e. The summed E-state index contributed by atoms with van der Waals surface area (Å²) in [6, 6.07) is 1.64. The molecule has 0 unspecified atom stereocenters. The Morgan fingerprint density at radius 3 is 2.78 bits per heavy atom. The highest BCUT2D eigenvalue weighted by Crippen LogP contribution is 2.24. The molecule has 6 nitrogen and oxygen atoms in total. The monoisotopic (exact) mass is 255 g/mol. The van der Waals surface area contributed by atoms with Crippen LogP contribution in [0.5, 0.6) is 0 Å². The quantitative estimate of drug-likeness (QED) is 0.363. The van der Waals surface area contributed by atoms with Gasteiger partial charge in [-0.05, 0) is 12.5 Å². The lowest BCUT2D eigenvalue weighted by atomic mass is 10.1. The first kappa shape index (κ1) is 13.9. The smallest absolute Gasteiger partial charge is 0.285 e. The highest BCUT2D eigenvalue weighted by atomic mass is 19.1. The summed E-state index contributed by atoms with van der Waals surface area (Å²) in [6.07, 6.45) is 1.64. The Hall–Kier alpha value is -2.18. The number of nitrogens with one attached hydrogen (secondary N) is 1. The van der Waals surface area contributed by atoms with Crippen LogP contribution in [0.4, 0.5) is 15.8 Å². The molecule has 0 aliphatic carbocycles. The van der Waals surface area contributed by atoms with Crippen LogP contribution in [0.25, 0.3) is 0 Å². The van der Waals surface area contributed by atoms with E-state index in [4.69, 9.17) is 5.73 Å². The minimum absolute atomic E-state index is 0.227. The average Bonchev–Trinajstić information content (AvgIpc) is 2.32. The number of nitrogen functional groups attached to an aromatic ring is 1. The van der Waals surface area contributed by atoms with Crippen molar-refractivity contribution in [2.75, 3.05) is 12.3 Å². The Morgan fingerprint density at radius 1 is 1.56 bits per heavy atom. The van der Waals surface area contributed by atoms with Crippen LogP contribution >= 0.6 is 0 Å². The fourth-order valence-corrected chi connectivity index (χ4v) is 1.39. The fraction of sp³-hybridized carbons (Fsp3) is 0.364. The third-order valence-electron chi connectivity index (χ3n) is 2.37. The van der Waals surface area contributed by atoms with Crippen LogP contribution in [-0.4, -0.2) is 17.4 Å². The molecule has 0 radical (unpaired) electrons. The van der Waals surface area contributed by atoms with Crippen LogP contribution in [0.2, 0.25) is 0 Å². The summed E-state index contributed by atoms with van der Waals surface area (Å²) in [5.74, 6) is -1.53. The molecule has 7 heteroatoms. The lowest BCUT2D eigenvalue weighted by Crippen LogP contribution is -2.25. The Labute approximate surface area is 103 Å². The molecule has 0 saturated heterocycles. The predicted molar refractivity (Wildman–Crippen MR) is 64.7 cm³/mol. The predicted octanol–water partition coefficient (Wildman–Crippen LogP) is 1.85. The fourth-order valence-electron chi connectivity index (χ4n) is 1.39. The van der Waals surface area contributed by atoms with Gasteiger partial charge in [-0.3, -0.25) is 14.9 Å². The number of carbonyl (C=O) groups is 1. The number of benzene rings is 1. The van der Waals surface area contributed by atoms with Gasteiger partial charge in [-0.15, -0.1) is 0 Å². The van der Waals surface area contributed by atoms with E-state index < -0.39 is 22.3 Å². The summed E-state index contributed by atoms with van der Waals surface area (Å²) in [5.41, 5.74) is 4.20. The summed E-state index contributed by atoms with van der Waals surface area (Å²) >= 11 is 0. The number of halogens is 1. The molecule has 98 valence electrons. The molecule has 18 heavy (non-hydrogen) atoms. The van der Waals surface area contributed by atoms with E-state index in [0.717, 1.165) is 18.9 Å². The van der Waals surface area contributed by atoms with Crippen LogP contribution in [0.15, 0.2) is 12.1 Å². The molecule has 0 saturated carbocycles. The second-order valence-electron chi connectivity index (χ2n) is 3.76. The number of nitrogens with two attached hydrogens (primary N) is 1. The lowest BCUT2D eigenvalue weighted by Gasteiger charge is -2.06. The van der Waals surface area contributed by atoms with Gasteiger partial charge < -0.3 is 11.1 Å². The summed E-state index contributed by atoms with van der Waals surface area (Å²) < 4.78 is 13.1. The van der Waals surface area contributed by atoms with Gasteiger partial charge in [-0.1, -0.05) is 13.3 Å². The standard InChI is InChI=1S/C11H14FN3O3/c1-2-3-4-14-11(16)7-5-9(13)8(12)6-10(7)15(17)18/h5-6H,2-4,13H2,1H3,(H,14,16). The number of hydrogen-bond donors (Lipinski definition) is 2. The maximum absolute atomic E-state index is 13.1. The van der Waals surface area contributed by atoms with Crippen LogP contribution in [0.1, 0.15) is 30.1 Å². The third-order valence-corrected chi connectivity index (χ3v) is 2.37. The summed E-state index contributed by atoms with van der Waals surface area (Å²) in [6.45, 7) is 2.36. The summed E-state index contributed by atoms with van der Waals surface area (Å²) in [7, 11) is 0. The zero-order valence-corrected chi connectivity index (χ0v) is 9.90. The molecule has 0 spiro atoms. The summed E-state index contributed by atoms with van der Waals surface area (Å²) in [5, 5.41) is 13.3. The molecule has 0 fully saturated rings. The van der Waals surface area contributed by atoms with Gasteiger partial charge in [0.05, 0.1) is 16.7 Å². The van der Waals surface area contributed by atoms with E-state index in [1.807, 2.05) is 6.92 Å². The number of unbranched alkanes of at least 4 members (excludes halogenated alkanes) is 1. The number of nitro benzene ring substituents is 1. The van der Waals surface area contributed by atoms with Crippen molar-refractivity contribution in [1.29, 1.82) is 0 Å². The number of hydrogen-bond acceptors (Lipinski definition) is 4. The zero-order valence-electron chi connectivity index (χ0n) is 9.90. The van der Waals surface area contributed by atoms with Gasteiger partial charge in [0.15, 0.2) is 5.82 Å². The van der Waals surface area contributed by atoms with Crippen molar-refractivity contribution in [1.82, 2.24) is 5.32 Å². The van der Waals surface area contributed by atoms with Gasteiger partial charge in [0.2, 0.25) is 0 Å². The molecule has 1 amide bonds. The third kappa shape index (κ3) is 3.16. The highest BCUT2D eigenvalue weighted by molar-refractivity contribution is 5.99. The molecular weight excluding hydrogens is 241 g/mol. The molecule has 1 rings (SSSR count). The second-order valence-corrected chi connectivity index (χ2v) is 3.76. The molecule has 0 bridgehead atoms. The van der Waals surface area contributed by atoms with E-state index in [1.54, 1.807) is 0 Å². The topological polar surface area (TPSA) is 98.3 Å². The second kappa shape index (κ2) is 5.95. The minimum atomic E-state index is -0.910. The number of amides is 1. The lowest BCUT2D eigenvalue weighted by molar-refractivity contribution is -0.385. The van der Waals surface area contributed by atoms with Crippen molar-refractivity contribution >= 4 is 17.3 Å². The number of anilines is 1. The SMILES string of the molecule is CCCCNC(=O)c1cc(N)c(F)cc1[N+](=O)[O-]. The Morgan fingerprint density at radius 2 is 2.22 bits per heavy atom. The average molecular weight is 255 g/mol. The van der Waals surface area contributed by atoms with Gasteiger partial charge in [0, 0.05) is 6.54 Å². The maximum atomic E-state index is 13.1. The van der Waals surface area contributed by atoms with Crippen LogP contribution in [0.3, 0.4) is 0 Å². The largest absolute Gasteiger partial charge is 0.396 e. The van der Waals surface area contributed by atoms with Crippen LogP contribution in [0, 0.1) is 15.9 Å². The zero-order chi connectivity index (χ0) is 13.7. The van der Waals surface area contributed by atoms with Gasteiger partial charge in [-0.25, -0.2) is 4.39 Å². The highest BCUT2D eigenvalue weighted by Gasteiger charge is 2.22. The van der Waals surface area contributed by atoms with Crippen molar-refractivity contribution in [3.63, 3.8) is 0 Å². The molecule has 0 heterocycles. The Kier molecular flexibility index (Phi) is 4.59. The molecule has 0 aromatic heterocycles. The molecule has 0 atom stereocenters. The molecule has 1 aromatic carbocycles. The normalized spacial score (nSPS) is 10.1. The van der Waals surface area contributed by atoms with E-state index >= 15 is 0 Å². The van der Waals surface area contributed by atoms with Crippen molar-refractivity contribution in [2.45, 2.75) is 19.8 Å². The van der Waals surface area contributed by atoms with Crippen molar-refractivity contribution < 1.29 is 14.1 Å². The molecule has 1 aromatic rings. The van der Waals surface area contributed by atoms with Gasteiger partial charge in [-0.2, -0.15) is 0 Å². The van der Waals surface area contributed by atoms with Crippen LogP contribution in [-0.2, 0) is 0 Å². The van der Waals surface area contributed by atoms with Crippen molar-refractivity contribution in [2.24, 2.45) is 0 Å². The molecule has 3 N–H and O–H groups in total. The molecule has 0 aliphatic heterocycles. The van der Waals surface area contributed by atoms with E-state index in [9.17, 15) is 19.3 Å². The van der Waals surface area contributed by atoms with Crippen molar-refractivity contribution in [3.8, 4) is 0 Å². The van der Waals surface area contributed by atoms with E-state index in [-0.39, 0.29) is 11.3 Å². The van der Waals surface area contributed by atoms with E-state index in [1.165, 1.54) is 0 Å². The first-order chi connectivity index (χ1) is 8.47. The number of nitro groups is 1. The molecular formula is C11H14FN3O3. The van der Waals surface area contributed by atoms with Gasteiger partial charge in [0.25, 0.3) is 11.6 Å². The minimum Gasteiger partial charge on any atom is -0.396 e. The van der Waals surface area contributed by atoms with E-state index in [0.29, 0.717) is 12.6 Å². The number of nitrogens with zero attached hydrogens (tertiary/aromatic N) is 1. The van der Waals surface area contributed by atoms with Crippen LogP contribution < -0.4 is 11.1 Å². The van der Waals surface area contributed by atoms with Gasteiger partial charge >= 0.3 is 0 Å². The van der Waals surface area contributed by atoms with E-state index in [2.05, 4.69) is 5.32 Å². The Balaban J connectivity index is 3.02. The summed E-state index contributed by atoms with van der Waals surface area (Å²) in [4.78, 5) is 21.6. The molecule has 0 aliphatic rings.